The van der Waals surface area contributed by atoms with Crippen LogP contribution in [0.5, 0.6) is 0 Å². The molecule has 21 heavy (non-hydrogen) atoms. The molecule has 0 N–H and O–H groups in total. The highest BCUT2D eigenvalue weighted by Crippen LogP contribution is 2.20. The Morgan fingerprint density at radius 3 is 2.43 bits per heavy atom. The molecule has 116 valence electrons. The van der Waals surface area contributed by atoms with Crippen LogP contribution in [0.15, 0.2) is 24.3 Å². The lowest BCUT2D eigenvalue weighted by molar-refractivity contribution is 0.0764. The molecule has 0 saturated carbocycles. The SMILES string of the molecule is CCCCC[C@H](C(=O)c1ccc(F)cc1)N1CCCCC1. The van der Waals surface area contributed by atoms with E-state index in [0.29, 0.717) is 5.56 Å². The van der Waals surface area contributed by atoms with Crippen LogP contribution in [0.4, 0.5) is 4.39 Å². The van der Waals surface area contributed by atoms with Gasteiger partial charge in [-0.05, 0) is 56.6 Å². The molecule has 0 radical (unpaired) electrons. The van der Waals surface area contributed by atoms with Crippen molar-refractivity contribution in [1.82, 2.24) is 4.90 Å². The van der Waals surface area contributed by atoms with Gasteiger partial charge in [0.05, 0.1) is 6.04 Å². The number of nitrogens with zero attached hydrogens (tertiary/aromatic N) is 1. The van der Waals surface area contributed by atoms with E-state index < -0.39 is 0 Å². The second-order valence-electron chi connectivity index (χ2n) is 5.98. The number of rotatable bonds is 7. The lowest BCUT2D eigenvalue weighted by Crippen LogP contribution is -2.44. The first-order chi connectivity index (χ1) is 10.2. The molecular weight excluding hydrogens is 265 g/mol. The normalized spacial score (nSPS) is 17.6. The van der Waals surface area contributed by atoms with Crippen molar-refractivity contribution in [3.8, 4) is 0 Å². The zero-order chi connectivity index (χ0) is 15.1. The standard InChI is InChI=1S/C18H26FNO/c1-2-3-5-8-17(20-13-6-4-7-14-20)18(21)15-9-11-16(19)12-10-15/h9-12,17H,2-8,13-14H2,1H3/t17-/m1/s1. The smallest absolute Gasteiger partial charge is 0.179 e. The molecule has 1 atom stereocenters. The number of piperidine rings is 1. The van der Waals surface area contributed by atoms with Gasteiger partial charge in [0.25, 0.3) is 0 Å². The molecule has 1 saturated heterocycles. The summed E-state index contributed by atoms with van der Waals surface area (Å²) in [6.07, 6.45) is 7.97. The first-order valence-electron chi connectivity index (χ1n) is 8.26. The molecule has 1 aliphatic heterocycles. The van der Waals surface area contributed by atoms with Gasteiger partial charge in [0.1, 0.15) is 5.82 Å². The fourth-order valence-electron chi connectivity index (χ4n) is 3.10. The molecule has 0 bridgehead atoms. The third kappa shape index (κ3) is 4.63. The summed E-state index contributed by atoms with van der Waals surface area (Å²) in [6.45, 7) is 4.21. The molecule has 1 aliphatic rings. The van der Waals surface area contributed by atoms with E-state index in [4.69, 9.17) is 0 Å². The molecule has 0 unspecified atom stereocenters. The molecule has 2 rings (SSSR count). The monoisotopic (exact) mass is 291 g/mol. The van der Waals surface area contributed by atoms with Crippen molar-refractivity contribution < 1.29 is 9.18 Å². The van der Waals surface area contributed by atoms with E-state index in [0.717, 1.165) is 32.4 Å². The summed E-state index contributed by atoms with van der Waals surface area (Å²) < 4.78 is 13.0. The molecule has 1 aromatic carbocycles. The Morgan fingerprint density at radius 1 is 1.14 bits per heavy atom. The van der Waals surface area contributed by atoms with Crippen LogP contribution in [0.3, 0.4) is 0 Å². The quantitative estimate of drug-likeness (QED) is 0.546. The van der Waals surface area contributed by atoms with Crippen LogP contribution in [-0.4, -0.2) is 29.8 Å². The Bertz CT molecular complexity index is 437. The van der Waals surface area contributed by atoms with Crippen molar-refractivity contribution in [2.75, 3.05) is 13.1 Å². The third-order valence-corrected chi connectivity index (χ3v) is 4.34. The van der Waals surface area contributed by atoms with Crippen molar-refractivity contribution in [1.29, 1.82) is 0 Å². The van der Waals surface area contributed by atoms with E-state index in [1.54, 1.807) is 12.1 Å². The third-order valence-electron chi connectivity index (χ3n) is 4.34. The van der Waals surface area contributed by atoms with Gasteiger partial charge < -0.3 is 0 Å². The summed E-state index contributed by atoms with van der Waals surface area (Å²) in [5.74, 6) is -0.125. The maximum Gasteiger partial charge on any atom is 0.179 e. The van der Waals surface area contributed by atoms with E-state index in [9.17, 15) is 9.18 Å². The van der Waals surface area contributed by atoms with Gasteiger partial charge in [0.15, 0.2) is 5.78 Å². The summed E-state index contributed by atoms with van der Waals surface area (Å²) in [5.41, 5.74) is 0.642. The van der Waals surface area contributed by atoms with E-state index >= 15 is 0 Å². The highest BCUT2D eigenvalue weighted by atomic mass is 19.1. The minimum absolute atomic E-state index is 0.0256. The van der Waals surface area contributed by atoms with Crippen molar-refractivity contribution in [3.05, 3.63) is 35.6 Å². The first kappa shape index (κ1) is 16.2. The summed E-state index contributed by atoms with van der Waals surface area (Å²) in [4.78, 5) is 15.1. The number of halogens is 1. The Kier molecular flexibility index (Phi) is 6.37. The Labute approximate surface area is 127 Å². The number of carbonyl (C=O) groups is 1. The average Bonchev–Trinajstić information content (AvgIpc) is 2.53. The van der Waals surface area contributed by atoms with Gasteiger partial charge in [-0.2, -0.15) is 0 Å². The van der Waals surface area contributed by atoms with Crippen LogP contribution in [0.1, 0.15) is 62.2 Å². The van der Waals surface area contributed by atoms with Crippen molar-refractivity contribution in [3.63, 3.8) is 0 Å². The van der Waals surface area contributed by atoms with Gasteiger partial charge in [0, 0.05) is 5.56 Å². The van der Waals surface area contributed by atoms with E-state index in [1.165, 1.54) is 37.8 Å². The number of hydrogen-bond acceptors (Lipinski definition) is 2. The van der Waals surface area contributed by atoms with Gasteiger partial charge in [-0.3, -0.25) is 9.69 Å². The first-order valence-corrected chi connectivity index (χ1v) is 8.26. The summed E-state index contributed by atoms with van der Waals surface area (Å²) in [5, 5.41) is 0. The number of carbonyl (C=O) groups excluding carboxylic acids is 1. The fourth-order valence-corrected chi connectivity index (χ4v) is 3.10. The molecule has 2 nitrogen and oxygen atoms in total. The van der Waals surface area contributed by atoms with Crippen molar-refractivity contribution >= 4 is 5.78 Å². The second kappa shape index (κ2) is 8.28. The Balaban J connectivity index is 2.08. The number of benzene rings is 1. The van der Waals surface area contributed by atoms with Gasteiger partial charge in [-0.15, -0.1) is 0 Å². The molecule has 3 heteroatoms. The van der Waals surface area contributed by atoms with E-state index in [1.807, 2.05) is 0 Å². The number of ketones is 1. The Morgan fingerprint density at radius 2 is 1.81 bits per heavy atom. The molecule has 1 aromatic rings. The number of unbranched alkanes of at least 4 members (excludes halogenated alkanes) is 2. The summed E-state index contributed by atoms with van der Waals surface area (Å²) >= 11 is 0. The summed E-state index contributed by atoms with van der Waals surface area (Å²) in [7, 11) is 0. The molecule has 1 fully saturated rings. The van der Waals surface area contributed by atoms with Crippen LogP contribution < -0.4 is 0 Å². The molecule has 0 aliphatic carbocycles. The fraction of sp³-hybridized carbons (Fsp3) is 0.611. The second-order valence-corrected chi connectivity index (χ2v) is 5.98. The predicted octanol–water partition coefficient (Wildman–Crippen LogP) is 4.44. The van der Waals surface area contributed by atoms with Crippen LogP contribution in [0.2, 0.25) is 0 Å². The minimum Gasteiger partial charge on any atom is -0.293 e. The lowest BCUT2D eigenvalue weighted by Gasteiger charge is -2.33. The molecule has 1 heterocycles. The topological polar surface area (TPSA) is 20.3 Å². The van der Waals surface area contributed by atoms with Crippen molar-refractivity contribution in [2.24, 2.45) is 0 Å². The van der Waals surface area contributed by atoms with Crippen molar-refractivity contribution in [2.45, 2.75) is 57.9 Å². The number of likely N-dealkylation sites (tertiary alicyclic amines) is 1. The zero-order valence-electron chi connectivity index (χ0n) is 13.0. The molecule has 0 aromatic heterocycles. The molecule has 0 spiro atoms. The maximum atomic E-state index is 13.0. The molecule has 0 amide bonds. The lowest BCUT2D eigenvalue weighted by atomic mass is 9.95. The highest BCUT2D eigenvalue weighted by molar-refractivity contribution is 6.00. The van der Waals surface area contributed by atoms with Crippen LogP contribution in [-0.2, 0) is 0 Å². The average molecular weight is 291 g/mol. The van der Waals surface area contributed by atoms with E-state index in [-0.39, 0.29) is 17.6 Å². The minimum atomic E-state index is -0.285. The largest absolute Gasteiger partial charge is 0.293 e. The number of Topliss-reactive ketones (excluding diaryl/α,β-unsaturated/α-hetero) is 1. The Hall–Kier alpha value is -1.22. The van der Waals surface area contributed by atoms with Crippen LogP contribution >= 0.6 is 0 Å². The van der Waals surface area contributed by atoms with E-state index in [2.05, 4.69) is 11.8 Å². The predicted molar refractivity (Wildman–Crippen MR) is 84.1 cm³/mol. The van der Waals surface area contributed by atoms with Gasteiger partial charge in [-0.25, -0.2) is 4.39 Å². The van der Waals surface area contributed by atoms with Gasteiger partial charge in [0.2, 0.25) is 0 Å². The summed E-state index contributed by atoms with van der Waals surface area (Å²) in [6, 6.07) is 5.98. The van der Waals surface area contributed by atoms with Gasteiger partial charge >= 0.3 is 0 Å². The maximum absolute atomic E-state index is 13.0. The van der Waals surface area contributed by atoms with Crippen LogP contribution in [0, 0.1) is 5.82 Å². The number of hydrogen-bond donors (Lipinski definition) is 0. The van der Waals surface area contributed by atoms with Crippen LogP contribution in [0.25, 0.3) is 0 Å². The molecular formula is C18H26FNO. The highest BCUT2D eigenvalue weighted by Gasteiger charge is 2.27. The van der Waals surface area contributed by atoms with Gasteiger partial charge in [-0.1, -0.05) is 32.6 Å². The zero-order valence-corrected chi connectivity index (χ0v) is 13.0.